The van der Waals surface area contributed by atoms with Gasteiger partial charge in [0.2, 0.25) is 0 Å². The maximum absolute atomic E-state index is 13.1. The normalized spacial score (nSPS) is 17.6. The number of halogens is 1. The van der Waals surface area contributed by atoms with Crippen molar-refractivity contribution in [1.29, 1.82) is 0 Å². The van der Waals surface area contributed by atoms with E-state index in [1.807, 2.05) is 6.92 Å². The molecule has 8 heteroatoms. The molecule has 170 valence electrons. The largest absolute Gasteiger partial charge is 0.507 e. The summed E-state index contributed by atoms with van der Waals surface area (Å²) < 4.78 is 16.1. The van der Waals surface area contributed by atoms with Crippen LogP contribution in [-0.4, -0.2) is 55.7 Å². The lowest BCUT2D eigenvalue weighted by atomic mass is 9.94. The molecule has 0 bridgehead atoms. The number of aliphatic hydroxyl groups is 1. The smallest absolute Gasteiger partial charge is 0.295 e. The molecule has 3 rings (SSSR count). The lowest BCUT2D eigenvalue weighted by molar-refractivity contribution is -0.140. The Hall–Kier alpha value is -3.03. The number of aliphatic hydroxyl groups excluding tert-OH is 1. The topological polar surface area (TPSA) is 85.3 Å². The van der Waals surface area contributed by atoms with Crippen molar-refractivity contribution < 1.29 is 28.9 Å². The van der Waals surface area contributed by atoms with Crippen LogP contribution in [0, 0.1) is 0 Å². The monoisotopic (exact) mass is 459 g/mol. The van der Waals surface area contributed by atoms with Gasteiger partial charge in [-0.2, -0.15) is 0 Å². The van der Waals surface area contributed by atoms with Gasteiger partial charge in [0.1, 0.15) is 17.3 Å². The molecule has 0 saturated carbocycles. The Morgan fingerprint density at radius 3 is 2.62 bits per heavy atom. The number of Topliss-reactive ketones (excluding diaryl/α,β-unsaturated/α-hetero) is 1. The van der Waals surface area contributed by atoms with E-state index in [0.717, 1.165) is 0 Å². The highest BCUT2D eigenvalue weighted by atomic mass is 35.5. The second kappa shape index (κ2) is 10.5. The molecule has 1 amide bonds. The molecule has 2 aromatic carbocycles. The van der Waals surface area contributed by atoms with Gasteiger partial charge in [-0.05, 0) is 49.2 Å². The molecule has 1 atom stereocenters. The number of benzene rings is 2. The van der Waals surface area contributed by atoms with E-state index in [9.17, 15) is 14.7 Å². The van der Waals surface area contributed by atoms with Crippen LogP contribution in [-0.2, 0) is 14.3 Å². The number of nitrogens with zero attached hydrogens (tertiary/aromatic N) is 1. The molecule has 0 aliphatic carbocycles. The Labute approximate surface area is 192 Å². The summed E-state index contributed by atoms with van der Waals surface area (Å²) in [5, 5.41) is 11.6. The summed E-state index contributed by atoms with van der Waals surface area (Å²) in [7, 11) is 3.02. The first-order valence-electron chi connectivity index (χ1n) is 10.3. The number of carbonyl (C=O) groups is 2. The van der Waals surface area contributed by atoms with Crippen LogP contribution in [0.5, 0.6) is 11.5 Å². The molecule has 0 aromatic heterocycles. The van der Waals surface area contributed by atoms with Crippen LogP contribution >= 0.6 is 11.6 Å². The summed E-state index contributed by atoms with van der Waals surface area (Å²) in [6, 6.07) is 11.1. The van der Waals surface area contributed by atoms with Crippen molar-refractivity contribution >= 4 is 29.1 Å². The first-order chi connectivity index (χ1) is 15.4. The third-order valence-electron chi connectivity index (χ3n) is 5.19. The van der Waals surface area contributed by atoms with E-state index < -0.39 is 17.7 Å². The average Bonchev–Trinajstić information content (AvgIpc) is 3.04. The van der Waals surface area contributed by atoms with Crippen LogP contribution in [0.25, 0.3) is 5.76 Å². The number of amides is 1. The van der Waals surface area contributed by atoms with Crippen molar-refractivity contribution in [3.63, 3.8) is 0 Å². The highest BCUT2D eigenvalue weighted by Gasteiger charge is 2.46. The van der Waals surface area contributed by atoms with Crippen LogP contribution < -0.4 is 9.47 Å². The molecule has 7 nitrogen and oxygen atoms in total. The predicted molar refractivity (Wildman–Crippen MR) is 121 cm³/mol. The van der Waals surface area contributed by atoms with Crippen molar-refractivity contribution in [2.45, 2.75) is 19.4 Å². The Balaban J connectivity index is 2.19. The van der Waals surface area contributed by atoms with Gasteiger partial charge in [0.25, 0.3) is 11.7 Å². The zero-order chi connectivity index (χ0) is 23.3. The van der Waals surface area contributed by atoms with Gasteiger partial charge < -0.3 is 24.2 Å². The Morgan fingerprint density at radius 1 is 1.16 bits per heavy atom. The Bertz CT molecular complexity index is 1030. The van der Waals surface area contributed by atoms with Gasteiger partial charge in [0, 0.05) is 25.3 Å². The zero-order valence-electron chi connectivity index (χ0n) is 18.3. The van der Waals surface area contributed by atoms with E-state index in [4.69, 9.17) is 25.8 Å². The fourth-order valence-electron chi connectivity index (χ4n) is 3.79. The van der Waals surface area contributed by atoms with Gasteiger partial charge in [-0.3, -0.25) is 9.59 Å². The molecule has 0 spiro atoms. The average molecular weight is 460 g/mol. The minimum Gasteiger partial charge on any atom is -0.507 e. The maximum Gasteiger partial charge on any atom is 0.295 e. The highest BCUT2D eigenvalue weighted by molar-refractivity contribution is 6.46. The predicted octanol–water partition coefficient (Wildman–Crippen LogP) is 4.21. The summed E-state index contributed by atoms with van der Waals surface area (Å²) in [5.74, 6) is -0.861. The molecule has 0 radical (unpaired) electrons. The molecule has 1 aliphatic rings. The third-order valence-corrected chi connectivity index (χ3v) is 5.42. The number of likely N-dealkylation sites (tertiary alicyclic amines) is 1. The van der Waals surface area contributed by atoms with Gasteiger partial charge >= 0.3 is 0 Å². The lowest BCUT2D eigenvalue weighted by Gasteiger charge is -2.25. The molecule has 1 fully saturated rings. The van der Waals surface area contributed by atoms with E-state index in [0.29, 0.717) is 41.7 Å². The third kappa shape index (κ3) is 4.74. The van der Waals surface area contributed by atoms with Gasteiger partial charge in [-0.1, -0.05) is 23.7 Å². The van der Waals surface area contributed by atoms with Gasteiger partial charge in [0.15, 0.2) is 0 Å². The van der Waals surface area contributed by atoms with Crippen LogP contribution in [0.3, 0.4) is 0 Å². The summed E-state index contributed by atoms with van der Waals surface area (Å²) >= 11 is 6.13. The van der Waals surface area contributed by atoms with E-state index in [1.165, 1.54) is 18.1 Å². The van der Waals surface area contributed by atoms with Crippen LogP contribution in [0.1, 0.15) is 30.5 Å². The van der Waals surface area contributed by atoms with Gasteiger partial charge in [0.05, 0.1) is 30.9 Å². The van der Waals surface area contributed by atoms with Crippen LogP contribution in [0.15, 0.2) is 48.0 Å². The van der Waals surface area contributed by atoms with Gasteiger partial charge in [-0.25, -0.2) is 0 Å². The van der Waals surface area contributed by atoms with Gasteiger partial charge in [-0.15, -0.1) is 0 Å². The molecule has 32 heavy (non-hydrogen) atoms. The van der Waals surface area contributed by atoms with E-state index in [2.05, 4.69) is 0 Å². The Morgan fingerprint density at radius 2 is 1.94 bits per heavy atom. The number of methoxy groups -OCH3 is 2. The summed E-state index contributed by atoms with van der Waals surface area (Å²) in [5.41, 5.74) is 0.859. The highest BCUT2D eigenvalue weighted by Crippen LogP contribution is 2.42. The minimum atomic E-state index is -0.795. The van der Waals surface area contributed by atoms with Crippen molar-refractivity contribution in [1.82, 2.24) is 4.90 Å². The molecule has 1 aliphatic heterocycles. The number of ketones is 1. The lowest BCUT2D eigenvalue weighted by Crippen LogP contribution is -2.31. The first kappa shape index (κ1) is 23.6. The number of carbonyl (C=O) groups excluding carboxylic acids is 2. The summed E-state index contributed by atoms with van der Waals surface area (Å²) in [6.45, 7) is 3.05. The fourth-order valence-corrected chi connectivity index (χ4v) is 3.96. The molecule has 1 unspecified atom stereocenters. The van der Waals surface area contributed by atoms with E-state index in [-0.39, 0.29) is 23.4 Å². The molecule has 1 heterocycles. The molecule has 1 saturated heterocycles. The maximum atomic E-state index is 13.1. The molecular formula is C24H26ClNO6. The van der Waals surface area contributed by atoms with Crippen LogP contribution in [0.4, 0.5) is 0 Å². The van der Waals surface area contributed by atoms with Crippen molar-refractivity contribution in [2.75, 3.05) is 34.0 Å². The first-order valence-corrected chi connectivity index (χ1v) is 10.6. The Kier molecular flexibility index (Phi) is 7.77. The second-order valence-corrected chi connectivity index (χ2v) is 7.63. The SMILES string of the molecule is CCOc1cccc(C2/C(=C(\O)c3cc(Cl)ccc3OC)C(=O)C(=O)N2CCCOC)c1. The number of hydrogen-bond donors (Lipinski definition) is 1. The zero-order valence-corrected chi connectivity index (χ0v) is 19.0. The number of rotatable bonds is 9. The molecular weight excluding hydrogens is 434 g/mol. The van der Waals surface area contributed by atoms with E-state index in [1.54, 1.807) is 43.5 Å². The number of ether oxygens (including phenoxy) is 3. The summed E-state index contributed by atoms with van der Waals surface area (Å²) in [6.07, 6.45) is 0.533. The van der Waals surface area contributed by atoms with Crippen molar-refractivity contribution in [2.24, 2.45) is 0 Å². The van der Waals surface area contributed by atoms with E-state index >= 15 is 0 Å². The molecule has 2 aromatic rings. The summed E-state index contributed by atoms with van der Waals surface area (Å²) in [4.78, 5) is 27.5. The van der Waals surface area contributed by atoms with Crippen LogP contribution in [0.2, 0.25) is 5.02 Å². The number of hydrogen-bond acceptors (Lipinski definition) is 6. The fraction of sp³-hybridized carbons (Fsp3) is 0.333. The molecule has 1 N–H and O–H groups in total. The minimum absolute atomic E-state index is 0.0263. The second-order valence-electron chi connectivity index (χ2n) is 7.19. The quantitative estimate of drug-likeness (QED) is 0.262. The van der Waals surface area contributed by atoms with Crippen molar-refractivity contribution in [3.8, 4) is 11.5 Å². The van der Waals surface area contributed by atoms with Crippen molar-refractivity contribution in [3.05, 3.63) is 64.2 Å². The standard InChI is InChI=1S/C24H26ClNO6/c1-4-32-17-8-5-7-15(13-17)21-20(23(28)24(29)26(21)11-6-12-30-2)22(27)18-14-16(25)9-10-19(18)31-3/h5,7-10,13-14,21,27H,4,6,11-12H2,1-3H3/b22-20+.